The van der Waals surface area contributed by atoms with Crippen LogP contribution >= 0.6 is 0 Å². The van der Waals surface area contributed by atoms with Gasteiger partial charge in [-0.3, -0.25) is 4.90 Å². The van der Waals surface area contributed by atoms with Crippen LogP contribution in [0.1, 0.15) is 0 Å². The summed E-state index contributed by atoms with van der Waals surface area (Å²) in [4.78, 5) is 2.07. The van der Waals surface area contributed by atoms with Crippen molar-refractivity contribution in [1.29, 1.82) is 0 Å². The molecule has 106 valence electrons. The summed E-state index contributed by atoms with van der Waals surface area (Å²) in [5.41, 5.74) is 0. The van der Waals surface area contributed by atoms with Crippen LogP contribution in [0.25, 0.3) is 0 Å². The highest BCUT2D eigenvalue weighted by molar-refractivity contribution is 7.86. The molecule has 2 fully saturated rings. The Hall–Kier alpha value is -0.250. The Morgan fingerprint density at radius 1 is 0.944 bits per heavy atom. The minimum atomic E-state index is -3.33. The Morgan fingerprint density at radius 3 is 2.06 bits per heavy atom. The van der Waals surface area contributed by atoms with Crippen molar-refractivity contribution < 1.29 is 18.3 Å². The van der Waals surface area contributed by atoms with Crippen molar-refractivity contribution in [2.24, 2.45) is 0 Å². The summed E-state index contributed by atoms with van der Waals surface area (Å²) in [6.45, 7) is 4.95. The smallest absolute Gasteiger partial charge is 0.282 e. The molecule has 0 amide bonds. The van der Waals surface area contributed by atoms with E-state index in [1.165, 1.54) is 8.61 Å². The molecule has 0 unspecified atom stereocenters. The molecular weight excluding hydrogens is 258 g/mol. The molecule has 2 saturated heterocycles. The number of aliphatic hydroxyl groups is 1. The van der Waals surface area contributed by atoms with E-state index >= 15 is 0 Å². The molecule has 0 spiro atoms. The first kappa shape index (κ1) is 14.2. The van der Waals surface area contributed by atoms with Crippen LogP contribution in [-0.4, -0.2) is 92.7 Å². The molecule has 18 heavy (non-hydrogen) atoms. The molecule has 2 rings (SSSR count). The predicted octanol–water partition coefficient (Wildman–Crippen LogP) is -1.83. The van der Waals surface area contributed by atoms with Crippen molar-refractivity contribution in [2.75, 3.05) is 65.6 Å². The number of aliphatic hydroxyl groups excluding tert-OH is 1. The SMILES string of the molecule is O=S(=O)(N1CCOCC1)N1CCN(CCO)CC1. The van der Waals surface area contributed by atoms with Gasteiger partial charge in [-0.25, -0.2) is 0 Å². The number of nitrogens with zero attached hydrogens (tertiary/aromatic N) is 3. The van der Waals surface area contributed by atoms with Crippen LogP contribution in [-0.2, 0) is 14.9 Å². The van der Waals surface area contributed by atoms with Gasteiger partial charge in [-0.1, -0.05) is 0 Å². The third-order valence-electron chi connectivity index (χ3n) is 3.37. The van der Waals surface area contributed by atoms with Crippen molar-refractivity contribution >= 4 is 10.2 Å². The fraction of sp³-hybridized carbons (Fsp3) is 1.00. The predicted molar refractivity (Wildman–Crippen MR) is 66.4 cm³/mol. The Kier molecular flexibility index (Phi) is 4.93. The average molecular weight is 279 g/mol. The van der Waals surface area contributed by atoms with Gasteiger partial charge >= 0.3 is 0 Å². The Balaban J connectivity index is 1.91. The summed E-state index contributed by atoms with van der Waals surface area (Å²) < 4.78 is 32.9. The highest BCUT2D eigenvalue weighted by Crippen LogP contribution is 2.13. The van der Waals surface area contributed by atoms with Gasteiger partial charge in [-0.05, 0) is 0 Å². The van der Waals surface area contributed by atoms with Gasteiger partial charge in [0, 0.05) is 45.8 Å². The van der Waals surface area contributed by atoms with E-state index in [9.17, 15) is 8.42 Å². The molecule has 2 aliphatic heterocycles. The lowest BCUT2D eigenvalue weighted by atomic mass is 10.4. The summed E-state index contributed by atoms with van der Waals surface area (Å²) in [5, 5.41) is 8.85. The Bertz CT molecular complexity index is 348. The van der Waals surface area contributed by atoms with Gasteiger partial charge in [-0.15, -0.1) is 0 Å². The summed E-state index contributed by atoms with van der Waals surface area (Å²) in [7, 11) is -3.33. The fourth-order valence-electron chi connectivity index (χ4n) is 2.27. The van der Waals surface area contributed by atoms with Crippen LogP contribution in [0.15, 0.2) is 0 Å². The maximum Gasteiger partial charge on any atom is 0.282 e. The molecule has 8 heteroatoms. The van der Waals surface area contributed by atoms with Gasteiger partial charge in [0.15, 0.2) is 0 Å². The lowest BCUT2D eigenvalue weighted by molar-refractivity contribution is 0.0681. The molecule has 0 aromatic heterocycles. The number of hydrogen-bond acceptors (Lipinski definition) is 5. The monoisotopic (exact) mass is 279 g/mol. The highest BCUT2D eigenvalue weighted by atomic mass is 32.2. The number of rotatable bonds is 4. The quantitative estimate of drug-likeness (QED) is 0.655. The fourth-order valence-corrected chi connectivity index (χ4v) is 3.83. The van der Waals surface area contributed by atoms with E-state index in [-0.39, 0.29) is 6.61 Å². The van der Waals surface area contributed by atoms with Crippen LogP contribution in [0.5, 0.6) is 0 Å². The van der Waals surface area contributed by atoms with Crippen molar-refractivity contribution in [3.05, 3.63) is 0 Å². The van der Waals surface area contributed by atoms with Crippen LogP contribution < -0.4 is 0 Å². The van der Waals surface area contributed by atoms with E-state index in [4.69, 9.17) is 9.84 Å². The molecular formula is C10H21N3O4S. The lowest BCUT2D eigenvalue weighted by Crippen LogP contribution is -2.55. The van der Waals surface area contributed by atoms with Gasteiger partial charge in [0.25, 0.3) is 10.2 Å². The molecule has 0 aliphatic carbocycles. The van der Waals surface area contributed by atoms with E-state index in [1.807, 2.05) is 0 Å². The minimum absolute atomic E-state index is 0.121. The summed E-state index contributed by atoms with van der Waals surface area (Å²) in [6.07, 6.45) is 0. The first-order chi connectivity index (χ1) is 8.64. The highest BCUT2D eigenvalue weighted by Gasteiger charge is 2.32. The molecule has 2 heterocycles. The van der Waals surface area contributed by atoms with Gasteiger partial charge in [0.1, 0.15) is 0 Å². The number of morpholine rings is 1. The molecule has 1 N–H and O–H groups in total. The zero-order valence-electron chi connectivity index (χ0n) is 10.5. The molecule has 0 saturated carbocycles. The molecule has 2 aliphatic rings. The second-order valence-corrected chi connectivity index (χ2v) is 6.41. The van der Waals surface area contributed by atoms with Crippen LogP contribution in [0.3, 0.4) is 0 Å². The van der Waals surface area contributed by atoms with Crippen molar-refractivity contribution in [3.8, 4) is 0 Å². The Morgan fingerprint density at radius 2 is 1.50 bits per heavy atom. The summed E-state index contributed by atoms with van der Waals surface area (Å²) in [5.74, 6) is 0. The number of ether oxygens (including phenoxy) is 1. The second kappa shape index (κ2) is 6.27. The standard InChI is InChI=1S/C10H21N3O4S/c14-8-5-11-1-3-12(4-2-11)18(15,16)13-6-9-17-10-7-13/h14H,1-10H2. The summed E-state index contributed by atoms with van der Waals surface area (Å²) in [6, 6.07) is 0. The van der Waals surface area contributed by atoms with Gasteiger partial charge < -0.3 is 9.84 Å². The largest absolute Gasteiger partial charge is 0.395 e. The minimum Gasteiger partial charge on any atom is -0.395 e. The number of β-amino-alcohol motifs (C(OH)–C–C–N with tert-alkyl or cyclic N) is 1. The van der Waals surface area contributed by atoms with Crippen molar-refractivity contribution in [2.45, 2.75) is 0 Å². The van der Waals surface area contributed by atoms with Gasteiger partial charge in [-0.2, -0.15) is 17.0 Å². The van der Waals surface area contributed by atoms with Crippen LogP contribution in [0, 0.1) is 0 Å². The maximum absolute atomic E-state index is 12.3. The first-order valence-corrected chi connectivity index (χ1v) is 7.70. The molecule has 0 aromatic carbocycles. The molecule has 0 atom stereocenters. The van der Waals surface area contributed by atoms with Gasteiger partial charge in [0.2, 0.25) is 0 Å². The normalized spacial score (nSPS) is 25.4. The molecule has 0 bridgehead atoms. The molecule has 7 nitrogen and oxygen atoms in total. The number of hydrogen-bond donors (Lipinski definition) is 1. The topological polar surface area (TPSA) is 73.3 Å². The maximum atomic E-state index is 12.3. The lowest BCUT2D eigenvalue weighted by Gasteiger charge is -2.37. The molecule has 0 radical (unpaired) electrons. The van der Waals surface area contributed by atoms with E-state index in [0.29, 0.717) is 59.0 Å². The van der Waals surface area contributed by atoms with E-state index in [2.05, 4.69) is 4.90 Å². The average Bonchev–Trinajstić information content (AvgIpc) is 2.41. The number of piperazine rings is 1. The van der Waals surface area contributed by atoms with E-state index in [0.717, 1.165) is 0 Å². The zero-order chi connectivity index (χ0) is 13.0. The van der Waals surface area contributed by atoms with Crippen molar-refractivity contribution in [3.63, 3.8) is 0 Å². The third kappa shape index (κ3) is 3.19. The summed E-state index contributed by atoms with van der Waals surface area (Å²) >= 11 is 0. The van der Waals surface area contributed by atoms with Gasteiger partial charge in [0.05, 0.1) is 19.8 Å². The van der Waals surface area contributed by atoms with Crippen LogP contribution in [0.4, 0.5) is 0 Å². The van der Waals surface area contributed by atoms with Crippen LogP contribution in [0.2, 0.25) is 0 Å². The Labute approximate surface area is 108 Å². The first-order valence-electron chi connectivity index (χ1n) is 6.31. The van der Waals surface area contributed by atoms with E-state index in [1.54, 1.807) is 0 Å². The van der Waals surface area contributed by atoms with Crippen molar-refractivity contribution in [1.82, 2.24) is 13.5 Å². The second-order valence-electron chi connectivity index (χ2n) is 4.48. The zero-order valence-corrected chi connectivity index (χ0v) is 11.3. The van der Waals surface area contributed by atoms with E-state index < -0.39 is 10.2 Å². The third-order valence-corrected chi connectivity index (χ3v) is 5.41. The molecule has 0 aromatic rings.